The SMILES string of the molecule is Cc1cc(C)cc(-c2c(OCCC3CCCCN3C(=O)OC(C)(C)C)c3cc(C=O)c(Cl)cc3[nH]c2=O)c1. The average Bonchev–Trinajstić information content (AvgIpc) is 2.82. The van der Waals surface area contributed by atoms with Crippen molar-refractivity contribution in [3.63, 3.8) is 0 Å². The molecule has 2 aromatic carbocycles. The number of nitrogens with zero attached hydrogens (tertiary/aromatic N) is 1. The highest BCUT2D eigenvalue weighted by atomic mass is 35.5. The number of benzene rings is 2. The lowest BCUT2D eigenvalue weighted by Crippen LogP contribution is -2.46. The van der Waals surface area contributed by atoms with Crippen LogP contribution in [0.2, 0.25) is 5.02 Å². The van der Waals surface area contributed by atoms with Crippen LogP contribution in [0.15, 0.2) is 35.1 Å². The van der Waals surface area contributed by atoms with Crippen molar-refractivity contribution in [1.82, 2.24) is 9.88 Å². The number of aromatic nitrogens is 1. The number of likely N-dealkylation sites (tertiary alicyclic amines) is 1. The van der Waals surface area contributed by atoms with Crippen LogP contribution in [0.1, 0.15) is 67.9 Å². The van der Waals surface area contributed by atoms with E-state index in [9.17, 15) is 14.4 Å². The number of hydrogen-bond donors (Lipinski definition) is 1. The Balaban J connectivity index is 1.71. The number of aldehydes is 1. The van der Waals surface area contributed by atoms with Gasteiger partial charge in [0.15, 0.2) is 6.29 Å². The molecule has 4 rings (SSSR count). The van der Waals surface area contributed by atoms with Crippen molar-refractivity contribution in [3.8, 4) is 16.9 Å². The first kappa shape index (κ1) is 27.7. The minimum absolute atomic E-state index is 0.0310. The van der Waals surface area contributed by atoms with E-state index in [-0.39, 0.29) is 29.3 Å². The Kier molecular flexibility index (Phi) is 8.16. The second-order valence-corrected chi connectivity index (χ2v) is 11.4. The molecule has 7 nitrogen and oxygen atoms in total. The lowest BCUT2D eigenvalue weighted by molar-refractivity contribution is 0.00745. The smallest absolute Gasteiger partial charge is 0.410 e. The Morgan fingerprint density at radius 3 is 2.50 bits per heavy atom. The second kappa shape index (κ2) is 11.2. The van der Waals surface area contributed by atoms with Crippen LogP contribution in [0.4, 0.5) is 4.79 Å². The maximum absolute atomic E-state index is 13.4. The number of aromatic amines is 1. The first-order chi connectivity index (χ1) is 18.0. The van der Waals surface area contributed by atoms with E-state index in [1.807, 2.05) is 52.8 Å². The number of carbonyl (C=O) groups is 2. The van der Waals surface area contributed by atoms with Crippen LogP contribution in [0.25, 0.3) is 22.0 Å². The summed E-state index contributed by atoms with van der Waals surface area (Å²) in [5.74, 6) is 0.396. The number of amides is 1. The van der Waals surface area contributed by atoms with E-state index in [0.29, 0.717) is 47.0 Å². The van der Waals surface area contributed by atoms with Gasteiger partial charge in [-0.3, -0.25) is 9.59 Å². The van der Waals surface area contributed by atoms with Crippen molar-refractivity contribution in [2.45, 2.75) is 71.9 Å². The maximum Gasteiger partial charge on any atom is 0.410 e. The van der Waals surface area contributed by atoms with Crippen LogP contribution in [-0.2, 0) is 4.74 Å². The summed E-state index contributed by atoms with van der Waals surface area (Å²) in [5.41, 5.74) is 3.09. The molecule has 1 aliphatic rings. The van der Waals surface area contributed by atoms with Crippen molar-refractivity contribution in [2.75, 3.05) is 13.2 Å². The normalized spacial score (nSPS) is 15.9. The Morgan fingerprint density at radius 1 is 1.13 bits per heavy atom. The third-order valence-electron chi connectivity index (χ3n) is 6.67. The number of piperidine rings is 1. The summed E-state index contributed by atoms with van der Waals surface area (Å²) >= 11 is 6.26. The highest BCUT2D eigenvalue weighted by Gasteiger charge is 2.30. The van der Waals surface area contributed by atoms with Crippen molar-refractivity contribution >= 4 is 34.9 Å². The second-order valence-electron chi connectivity index (χ2n) is 11.0. The van der Waals surface area contributed by atoms with E-state index < -0.39 is 5.60 Å². The molecule has 1 aromatic heterocycles. The molecule has 0 bridgehead atoms. The number of ether oxygens (including phenoxy) is 2. The molecular formula is C30H35ClN2O5. The average molecular weight is 539 g/mol. The van der Waals surface area contributed by atoms with E-state index in [1.54, 1.807) is 17.0 Å². The predicted molar refractivity (Wildman–Crippen MR) is 151 cm³/mol. The van der Waals surface area contributed by atoms with Gasteiger partial charge in [-0.15, -0.1) is 0 Å². The van der Waals surface area contributed by atoms with Crippen LogP contribution in [0, 0.1) is 13.8 Å². The van der Waals surface area contributed by atoms with E-state index in [4.69, 9.17) is 21.1 Å². The van der Waals surface area contributed by atoms with Crippen LogP contribution < -0.4 is 10.3 Å². The highest BCUT2D eigenvalue weighted by molar-refractivity contribution is 6.33. The summed E-state index contributed by atoms with van der Waals surface area (Å²) in [5, 5.41) is 0.848. The first-order valence-corrected chi connectivity index (χ1v) is 13.4. The molecule has 1 amide bonds. The third kappa shape index (κ3) is 6.21. The summed E-state index contributed by atoms with van der Waals surface area (Å²) < 4.78 is 12.0. The Hall–Kier alpha value is -3.32. The lowest BCUT2D eigenvalue weighted by Gasteiger charge is -2.36. The number of hydrogen-bond acceptors (Lipinski definition) is 5. The molecule has 0 saturated carbocycles. The van der Waals surface area contributed by atoms with E-state index in [0.717, 1.165) is 36.0 Å². The van der Waals surface area contributed by atoms with Gasteiger partial charge in [0.2, 0.25) is 0 Å². The highest BCUT2D eigenvalue weighted by Crippen LogP contribution is 2.36. The van der Waals surface area contributed by atoms with E-state index in [1.165, 1.54) is 0 Å². The molecule has 202 valence electrons. The zero-order chi connectivity index (χ0) is 27.6. The van der Waals surface area contributed by atoms with Crippen molar-refractivity contribution in [1.29, 1.82) is 0 Å². The minimum atomic E-state index is -0.571. The van der Waals surface area contributed by atoms with Gasteiger partial charge in [0.25, 0.3) is 5.56 Å². The molecule has 3 aromatic rings. The molecule has 1 atom stereocenters. The summed E-state index contributed by atoms with van der Waals surface area (Å²) in [6, 6.07) is 9.12. The minimum Gasteiger partial charge on any atom is -0.492 e. The number of halogens is 1. The van der Waals surface area contributed by atoms with Gasteiger partial charge in [-0.2, -0.15) is 0 Å². The van der Waals surface area contributed by atoms with Gasteiger partial charge < -0.3 is 19.4 Å². The fourth-order valence-corrected chi connectivity index (χ4v) is 5.29. The van der Waals surface area contributed by atoms with E-state index in [2.05, 4.69) is 4.98 Å². The number of H-pyrrole nitrogens is 1. The molecule has 1 aliphatic heterocycles. The van der Waals surface area contributed by atoms with Gasteiger partial charge in [-0.25, -0.2) is 4.79 Å². The third-order valence-corrected chi connectivity index (χ3v) is 7.00. The van der Waals surface area contributed by atoms with Crippen molar-refractivity contribution in [3.05, 3.63) is 62.4 Å². The number of carbonyl (C=O) groups excluding carboxylic acids is 2. The number of fused-ring (bicyclic) bond motifs is 1. The summed E-state index contributed by atoms with van der Waals surface area (Å²) in [6.07, 6.45) is 3.76. The molecule has 0 aliphatic carbocycles. The summed E-state index contributed by atoms with van der Waals surface area (Å²) in [4.78, 5) is 42.6. The first-order valence-electron chi connectivity index (χ1n) is 13.0. The number of aryl methyl sites for hydroxylation is 2. The van der Waals surface area contributed by atoms with Crippen LogP contribution >= 0.6 is 11.6 Å². The predicted octanol–water partition coefficient (Wildman–Crippen LogP) is 6.84. The van der Waals surface area contributed by atoms with E-state index >= 15 is 0 Å². The van der Waals surface area contributed by atoms with Gasteiger partial charge in [-0.05, 0) is 71.6 Å². The summed E-state index contributed by atoms with van der Waals surface area (Å²) in [6.45, 7) is 10.5. The molecule has 8 heteroatoms. The standard InChI is InChI=1S/C30H35ClN2O5/c1-18-12-19(2)14-20(13-18)26-27(23-15-21(17-34)24(31)16-25(23)32-28(26)35)37-11-9-22-8-6-7-10-33(22)29(36)38-30(3,4)5/h12-17,22H,6-11H2,1-5H3,(H,32,35). The van der Waals surface area contributed by atoms with Gasteiger partial charge in [-0.1, -0.05) is 40.9 Å². The fourth-order valence-electron chi connectivity index (χ4n) is 5.08. The number of pyridine rings is 1. The lowest BCUT2D eigenvalue weighted by atomic mass is 9.98. The molecule has 1 fully saturated rings. The van der Waals surface area contributed by atoms with Gasteiger partial charge in [0.05, 0.1) is 22.7 Å². The Morgan fingerprint density at radius 2 is 1.84 bits per heavy atom. The fraction of sp³-hybridized carbons (Fsp3) is 0.433. The number of nitrogens with one attached hydrogen (secondary N) is 1. The summed E-state index contributed by atoms with van der Waals surface area (Å²) in [7, 11) is 0. The van der Waals surface area contributed by atoms with Gasteiger partial charge in [0.1, 0.15) is 11.4 Å². The van der Waals surface area contributed by atoms with Crippen LogP contribution in [0.5, 0.6) is 5.75 Å². The Bertz CT molecular complexity index is 1400. The molecule has 38 heavy (non-hydrogen) atoms. The van der Waals surface area contributed by atoms with Crippen LogP contribution in [0.3, 0.4) is 0 Å². The maximum atomic E-state index is 13.4. The van der Waals surface area contributed by atoms with Gasteiger partial charge >= 0.3 is 6.09 Å². The largest absolute Gasteiger partial charge is 0.492 e. The molecule has 0 radical (unpaired) electrons. The van der Waals surface area contributed by atoms with Crippen molar-refractivity contribution < 1.29 is 19.1 Å². The molecular weight excluding hydrogens is 504 g/mol. The molecule has 1 saturated heterocycles. The van der Waals surface area contributed by atoms with Crippen LogP contribution in [-0.4, -0.2) is 47.1 Å². The molecule has 1 N–H and O–H groups in total. The monoisotopic (exact) mass is 538 g/mol. The quantitative estimate of drug-likeness (QED) is 0.347. The zero-order valence-corrected chi connectivity index (χ0v) is 23.4. The van der Waals surface area contributed by atoms with Crippen molar-refractivity contribution in [2.24, 2.45) is 0 Å². The Labute approximate surface area is 228 Å². The number of rotatable bonds is 6. The van der Waals surface area contributed by atoms with Gasteiger partial charge in [0, 0.05) is 30.0 Å². The molecule has 2 heterocycles. The molecule has 0 spiro atoms. The molecule has 1 unspecified atom stereocenters. The topological polar surface area (TPSA) is 88.7 Å². The zero-order valence-electron chi connectivity index (χ0n) is 22.7.